The highest BCUT2D eigenvalue weighted by Gasteiger charge is 2.25. The summed E-state index contributed by atoms with van der Waals surface area (Å²) in [7, 11) is 0. The summed E-state index contributed by atoms with van der Waals surface area (Å²) in [6.07, 6.45) is 6.70. The van der Waals surface area contributed by atoms with E-state index in [0.29, 0.717) is 12.2 Å². The van der Waals surface area contributed by atoms with Gasteiger partial charge in [-0.2, -0.15) is 0 Å². The molecule has 3 aromatic carbocycles. The van der Waals surface area contributed by atoms with Gasteiger partial charge in [0.15, 0.2) is 0 Å². The maximum Gasteiger partial charge on any atom is 0.267 e. The van der Waals surface area contributed by atoms with Gasteiger partial charge in [0.1, 0.15) is 12.4 Å². The number of ether oxygens (including phenoxy) is 1. The van der Waals surface area contributed by atoms with Gasteiger partial charge in [-0.15, -0.1) is 0 Å². The van der Waals surface area contributed by atoms with E-state index >= 15 is 0 Å². The molecule has 6 nitrogen and oxygen atoms in total. The highest BCUT2D eigenvalue weighted by atomic mass is 16.5. The average Bonchev–Trinajstić information content (AvgIpc) is 3.70. The zero-order valence-corrected chi connectivity index (χ0v) is 18.6. The molecule has 1 aliphatic rings. The lowest BCUT2D eigenvalue weighted by molar-refractivity contribution is -0.124. The molecule has 4 rings (SSSR count). The number of carbonyl (C=O) groups excluding carboxylic acids is 2. The Hall–Kier alpha value is -4.16. The van der Waals surface area contributed by atoms with E-state index in [9.17, 15) is 9.59 Å². The van der Waals surface area contributed by atoms with E-state index in [1.807, 2.05) is 84.9 Å². The van der Waals surface area contributed by atoms with Crippen LogP contribution in [0.5, 0.6) is 5.75 Å². The number of nitrogens with one attached hydrogen (secondary N) is 2. The highest BCUT2D eigenvalue weighted by molar-refractivity contribution is 6.24. The summed E-state index contributed by atoms with van der Waals surface area (Å²) in [5.74, 6) is 0.0286. The molecule has 0 unspecified atom stereocenters. The Bertz CT molecular complexity index is 1180. The third-order valence-electron chi connectivity index (χ3n) is 5.36. The van der Waals surface area contributed by atoms with E-state index < -0.39 is 5.91 Å². The maximum atomic E-state index is 13.0. The van der Waals surface area contributed by atoms with Crippen molar-refractivity contribution < 1.29 is 19.5 Å². The molecule has 0 heterocycles. The summed E-state index contributed by atoms with van der Waals surface area (Å²) in [5.41, 5.74) is 5.67. The summed E-state index contributed by atoms with van der Waals surface area (Å²) in [4.78, 5) is 24.1. The van der Waals surface area contributed by atoms with Crippen molar-refractivity contribution in [1.29, 1.82) is 0 Å². The molecule has 0 aromatic heterocycles. The largest absolute Gasteiger partial charge is 0.489 e. The second-order valence-electron chi connectivity index (χ2n) is 8.08. The summed E-state index contributed by atoms with van der Waals surface area (Å²) in [5, 5.41) is 11.6. The first kappa shape index (κ1) is 23.0. The zero-order chi connectivity index (χ0) is 23.8. The van der Waals surface area contributed by atoms with E-state index in [1.54, 1.807) is 11.6 Å². The Morgan fingerprint density at radius 2 is 1.59 bits per heavy atom. The summed E-state index contributed by atoms with van der Waals surface area (Å²) in [6.45, 7) is 0.478. The van der Waals surface area contributed by atoms with E-state index in [-0.39, 0.29) is 11.9 Å². The number of hydrogen-bond donors (Lipinski definition) is 3. The van der Waals surface area contributed by atoms with Crippen LogP contribution in [0.15, 0.2) is 84.9 Å². The van der Waals surface area contributed by atoms with Gasteiger partial charge in [-0.3, -0.25) is 14.8 Å². The summed E-state index contributed by atoms with van der Waals surface area (Å²) < 4.78 is 5.87. The standard InChI is InChI=1S/C28H26N2O4/c31-27(30-33)17-10-20-6-8-21(9-7-20)18-26(28(32)29-24-13-14-24)23-11-15-25(16-12-23)34-19-22-4-2-1-3-5-22/h1-12,15-18,24,33H,13-14,19H2,(H,29,32)(H,30,31)/b17-10+,26-18-. The van der Waals surface area contributed by atoms with E-state index in [1.165, 1.54) is 6.08 Å². The number of rotatable bonds is 9. The lowest BCUT2D eigenvalue weighted by Gasteiger charge is -2.11. The smallest absolute Gasteiger partial charge is 0.267 e. The van der Waals surface area contributed by atoms with Gasteiger partial charge in [0, 0.05) is 17.7 Å². The van der Waals surface area contributed by atoms with Crippen molar-refractivity contribution in [2.45, 2.75) is 25.5 Å². The molecule has 172 valence electrons. The molecular weight excluding hydrogens is 428 g/mol. The summed E-state index contributed by atoms with van der Waals surface area (Å²) >= 11 is 0. The molecule has 1 fully saturated rings. The lowest BCUT2D eigenvalue weighted by Crippen LogP contribution is -2.26. The fourth-order valence-electron chi connectivity index (χ4n) is 3.32. The van der Waals surface area contributed by atoms with E-state index in [4.69, 9.17) is 9.94 Å². The van der Waals surface area contributed by atoms with Crippen molar-refractivity contribution in [1.82, 2.24) is 10.8 Å². The van der Waals surface area contributed by atoms with E-state index in [0.717, 1.165) is 40.8 Å². The monoisotopic (exact) mass is 454 g/mol. The predicted octanol–water partition coefficient (Wildman–Crippen LogP) is 4.60. The molecule has 2 amide bonds. The second-order valence-corrected chi connectivity index (χ2v) is 8.08. The zero-order valence-electron chi connectivity index (χ0n) is 18.6. The van der Waals surface area contributed by atoms with Crippen LogP contribution < -0.4 is 15.5 Å². The first-order chi connectivity index (χ1) is 16.6. The van der Waals surface area contributed by atoms with Gasteiger partial charge in [-0.1, -0.05) is 66.7 Å². The number of hydrogen-bond acceptors (Lipinski definition) is 4. The number of carbonyl (C=O) groups is 2. The SMILES string of the molecule is O=C(/C=C/c1ccc(/C=C(\C(=O)NC2CC2)c2ccc(OCc3ccccc3)cc2)cc1)NO. The second kappa shape index (κ2) is 11.1. The minimum atomic E-state index is -0.598. The van der Waals surface area contributed by atoms with Gasteiger partial charge in [-0.25, -0.2) is 5.48 Å². The fourth-order valence-corrected chi connectivity index (χ4v) is 3.32. The van der Waals surface area contributed by atoms with Gasteiger partial charge < -0.3 is 10.1 Å². The van der Waals surface area contributed by atoms with E-state index in [2.05, 4.69) is 5.32 Å². The molecule has 0 atom stereocenters. The Morgan fingerprint density at radius 1 is 0.912 bits per heavy atom. The lowest BCUT2D eigenvalue weighted by atomic mass is 10.0. The van der Waals surface area contributed by atoms with Gasteiger partial charge in [0.25, 0.3) is 11.8 Å². The fraction of sp³-hybridized carbons (Fsp3) is 0.143. The first-order valence-corrected chi connectivity index (χ1v) is 11.1. The molecule has 0 saturated heterocycles. The molecule has 0 radical (unpaired) electrons. The van der Waals surface area contributed by atoms with Gasteiger partial charge >= 0.3 is 0 Å². The van der Waals surface area contributed by atoms with Crippen molar-refractivity contribution in [3.8, 4) is 5.75 Å². The average molecular weight is 455 g/mol. The molecule has 34 heavy (non-hydrogen) atoms. The summed E-state index contributed by atoms with van der Waals surface area (Å²) in [6, 6.07) is 25.1. The van der Waals surface area contributed by atoms with Crippen LogP contribution in [0.3, 0.4) is 0 Å². The molecule has 0 aliphatic heterocycles. The van der Waals surface area contributed by atoms with Crippen LogP contribution in [-0.2, 0) is 16.2 Å². The third kappa shape index (κ3) is 6.67. The molecule has 1 saturated carbocycles. The quantitative estimate of drug-likeness (QED) is 0.191. The third-order valence-corrected chi connectivity index (χ3v) is 5.36. The normalized spacial score (nSPS) is 13.5. The van der Waals surface area contributed by atoms with Gasteiger partial charge in [0.2, 0.25) is 0 Å². The van der Waals surface area contributed by atoms with Crippen molar-refractivity contribution in [2.75, 3.05) is 0 Å². The van der Waals surface area contributed by atoms with Crippen molar-refractivity contribution in [2.24, 2.45) is 0 Å². The number of amides is 2. The van der Waals surface area contributed by atoms with Crippen molar-refractivity contribution in [3.63, 3.8) is 0 Å². The van der Waals surface area contributed by atoms with Crippen LogP contribution >= 0.6 is 0 Å². The minimum absolute atomic E-state index is 0.107. The van der Waals surface area contributed by atoms with Gasteiger partial charge in [-0.05, 0) is 59.4 Å². The van der Waals surface area contributed by atoms with Crippen LogP contribution in [0.2, 0.25) is 0 Å². The molecule has 0 bridgehead atoms. The Balaban J connectivity index is 1.51. The topological polar surface area (TPSA) is 87.7 Å². The van der Waals surface area contributed by atoms with Gasteiger partial charge in [0.05, 0.1) is 0 Å². The molecular formula is C28H26N2O4. The Labute approximate surface area is 198 Å². The Kier molecular flexibility index (Phi) is 7.53. The molecule has 6 heteroatoms. The van der Waals surface area contributed by atoms with Crippen molar-refractivity contribution in [3.05, 3.63) is 107 Å². The number of hydroxylamine groups is 1. The molecule has 1 aliphatic carbocycles. The number of benzene rings is 3. The first-order valence-electron chi connectivity index (χ1n) is 11.1. The van der Waals surface area contributed by atoms with Crippen LogP contribution in [0.1, 0.15) is 35.1 Å². The van der Waals surface area contributed by atoms with Crippen LogP contribution in [0, 0.1) is 0 Å². The van der Waals surface area contributed by atoms with Crippen LogP contribution in [-0.4, -0.2) is 23.1 Å². The van der Waals surface area contributed by atoms with Crippen LogP contribution in [0.4, 0.5) is 0 Å². The highest BCUT2D eigenvalue weighted by Crippen LogP contribution is 2.25. The maximum absolute atomic E-state index is 13.0. The molecule has 3 N–H and O–H groups in total. The predicted molar refractivity (Wildman–Crippen MR) is 132 cm³/mol. The molecule has 3 aromatic rings. The Morgan fingerprint density at radius 3 is 2.24 bits per heavy atom. The molecule has 0 spiro atoms. The minimum Gasteiger partial charge on any atom is -0.489 e. The van der Waals surface area contributed by atoms with Crippen LogP contribution in [0.25, 0.3) is 17.7 Å². The van der Waals surface area contributed by atoms with Crippen molar-refractivity contribution >= 4 is 29.5 Å².